The van der Waals surface area contributed by atoms with Crippen molar-refractivity contribution in [3.63, 3.8) is 0 Å². The number of hydrogen-bond acceptors (Lipinski definition) is 2. The van der Waals surface area contributed by atoms with Crippen LogP contribution in [-0.2, 0) is 9.59 Å². The fraction of sp³-hybridized carbons (Fsp3) is 0.500. The third-order valence-electron chi connectivity index (χ3n) is 3.15. The zero-order valence-electron chi connectivity index (χ0n) is 12.9. The summed E-state index contributed by atoms with van der Waals surface area (Å²) in [5.41, 5.74) is 1.97. The maximum atomic E-state index is 12.2. The van der Waals surface area contributed by atoms with Crippen LogP contribution < -0.4 is 10.6 Å². The van der Waals surface area contributed by atoms with Crippen molar-refractivity contribution < 1.29 is 9.59 Å². The van der Waals surface area contributed by atoms with E-state index in [0.29, 0.717) is 5.92 Å². The van der Waals surface area contributed by atoms with Gasteiger partial charge in [0.2, 0.25) is 11.8 Å². The summed E-state index contributed by atoms with van der Waals surface area (Å²) in [6, 6.07) is 7.26. The van der Waals surface area contributed by atoms with Crippen molar-refractivity contribution in [2.75, 3.05) is 5.32 Å². The van der Waals surface area contributed by atoms with Crippen LogP contribution >= 0.6 is 0 Å². The molecule has 0 aliphatic carbocycles. The molecule has 0 aromatic heterocycles. The molecule has 0 radical (unpaired) electrons. The largest absolute Gasteiger partial charge is 0.344 e. The molecule has 0 saturated carbocycles. The van der Waals surface area contributed by atoms with Gasteiger partial charge in [-0.2, -0.15) is 0 Å². The number of hydrogen-bond donors (Lipinski definition) is 2. The second kappa shape index (κ2) is 7.08. The second-order valence-electron chi connectivity index (χ2n) is 5.69. The lowest BCUT2D eigenvalue weighted by atomic mass is 10.0. The van der Waals surface area contributed by atoms with E-state index in [1.54, 1.807) is 0 Å². The highest BCUT2D eigenvalue weighted by Crippen LogP contribution is 2.17. The molecule has 1 rings (SSSR count). The Labute approximate surface area is 121 Å². The summed E-state index contributed by atoms with van der Waals surface area (Å²) < 4.78 is 0. The molecule has 0 saturated heterocycles. The van der Waals surface area contributed by atoms with E-state index in [2.05, 4.69) is 24.5 Å². The number of carbonyl (C=O) groups is 2. The van der Waals surface area contributed by atoms with Crippen molar-refractivity contribution >= 4 is 17.5 Å². The minimum absolute atomic E-state index is 0.0360. The maximum absolute atomic E-state index is 12.2. The van der Waals surface area contributed by atoms with E-state index in [1.165, 1.54) is 12.5 Å². The Morgan fingerprint density at radius 2 is 1.55 bits per heavy atom. The van der Waals surface area contributed by atoms with Gasteiger partial charge in [-0.05, 0) is 29.5 Å². The topological polar surface area (TPSA) is 58.2 Å². The lowest BCUT2D eigenvalue weighted by molar-refractivity contribution is -0.126. The Balaban J connectivity index is 2.75. The third kappa shape index (κ3) is 4.68. The molecule has 2 N–H and O–H groups in total. The van der Waals surface area contributed by atoms with Gasteiger partial charge >= 0.3 is 0 Å². The summed E-state index contributed by atoms with van der Waals surface area (Å²) in [6.45, 7) is 9.47. The van der Waals surface area contributed by atoms with Crippen molar-refractivity contribution in [3.05, 3.63) is 29.8 Å². The summed E-state index contributed by atoms with van der Waals surface area (Å²) in [6.07, 6.45) is 0. The average molecular weight is 276 g/mol. The highest BCUT2D eigenvalue weighted by atomic mass is 16.2. The van der Waals surface area contributed by atoms with E-state index in [0.717, 1.165) is 5.69 Å². The van der Waals surface area contributed by atoms with Crippen molar-refractivity contribution in [2.45, 2.75) is 46.6 Å². The first-order valence-electron chi connectivity index (χ1n) is 6.99. The normalized spacial score (nSPS) is 12.3. The van der Waals surface area contributed by atoms with E-state index in [9.17, 15) is 9.59 Å². The van der Waals surface area contributed by atoms with Gasteiger partial charge in [-0.25, -0.2) is 0 Å². The van der Waals surface area contributed by atoms with Crippen LogP contribution in [0.3, 0.4) is 0 Å². The van der Waals surface area contributed by atoms with Crippen LogP contribution in [0.15, 0.2) is 24.3 Å². The zero-order chi connectivity index (χ0) is 15.3. The Morgan fingerprint density at radius 3 is 1.95 bits per heavy atom. The summed E-state index contributed by atoms with van der Waals surface area (Å²) in [4.78, 5) is 23.3. The lowest BCUT2D eigenvalue weighted by Gasteiger charge is -2.21. The molecular formula is C16H24N2O2. The first kappa shape index (κ1) is 16.2. The number of amides is 2. The Hall–Kier alpha value is -1.84. The van der Waals surface area contributed by atoms with Gasteiger partial charge in [0.15, 0.2) is 0 Å². The maximum Gasteiger partial charge on any atom is 0.247 e. The minimum Gasteiger partial charge on any atom is -0.344 e. The van der Waals surface area contributed by atoms with Crippen molar-refractivity contribution in [1.29, 1.82) is 0 Å². The summed E-state index contributed by atoms with van der Waals surface area (Å²) in [5, 5.41) is 5.52. The molecule has 0 aliphatic rings. The van der Waals surface area contributed by atoms with E-state index in [-0.39, 0.29) is 17.7 Å². The standard InChI is InChI=1S/C16H24N2O2/c1-10(2)13-6-8-14(9-7-13)18-16(20)15(11(3)4)17-12(5)19/h6-11,15H,1-5H3,(H,17,19)(H,18,20). The predicted octanol–water partition coefficient (Wildman–Crippen LogP) is 2.91. The molecule has 1 aromatic carbocycles. The summed E-state index contributed by atoms with van der Waals surface area (Å²) >= 11 is 0. The van der Waals surface area contributed by atoms with Crippen LogP contribution in [0.1, 0.15) is 46.1 Å². The number of carbonyl (C=O) groups excluding carboxylic acids is 2. The Bertz CT molecular complexity index is 464. The van der Waals surface area contributed by atoms with Crippen LogP contribution in [0.5, 0.6) is 0 Å². The van der Waals surface area contributed by atoms with Gasteiger partial charge < -0.3 is 10.6 Å². The molecule has 0 aliphatic heterocycles. The number of nitrogens with one attached hydrogen (secondary N) is 2. The fourth-order valence-electron chi connectivity index (χ4n) is 1.93. The summed E-state index contributed by atoms with van der Waals surface area (Å²) in [7, 11) is 0. The second-order valence-corrected chi connectivity index (χ2v) is 5.69. The van der Waals surface area contributed by atoms with Gasteiger partial charge in [0, 0.05) is 12.6 Å². The van der Waals surface area contributed by atoms with E-state index in [4.69, 9.17) is 0 Å². The summed E-state index contributed by atoms with van der Waals surface area (Å²) in [5.74, 6) is 0.109. The molecule has 4 heteroatoms. The van der Waals surface area contributed by atoms with Crippen LogP contribution in [0.4, 0.5) is 5.69 Å². The molecule has 1 aromatic rings. The molecule has 0 bridgehead atoms. The van der Waals surface area contributed by atoms with Gasteiger partial charge in [-0.3, -0.25) is 9.59 Å². The van der Waals surface area contributed by atoms with E-state index < -0.39 is 6.04 Å². The zero-order valence-corrected chi connectivity index (χ0v) is 12.9. The van der Waals surface area contributed by atoms with Crippen LogP contribution in [0, 0.1) is 5.92 Å². The number of benzene rings is 1. The molecule has 0 fully saturated rings. The molecule has 1 atom stereocenters. The van der Waals surface area contributed by atoms with Gasteiger partial charge in [0.1, 0.15) is 6.04 Å². The first-order valence-corrected chi connectivity index (χ1v) is 6.99. The molecule has 4 nitrogen and oxygen atoms in total. The molecule has 110 valence electrons. The van der Waals surface area contributed by atoms with Gasteiger partial charge in [-0.15, -0.1) is 0 Å². The monoisotopic (exact) mass is 276 g/mol. The molecule has 20 heavy (non-hydrogen) atoms. The number of rotatable bonds is 5. The highest BCUT2D eigenvalue weighted by Gasteiger charge is 2.22. The Kier molecular flexibility index (Phi) is 5.74. The minimum atomic E-state index is -0.516. The van der Waals surface area contributed by atoms with Crippen LogP contribution in [0.25, 0.3) is 0 Å². The van der Waals surface area contributed by atoms with Crippen LogP contribution in [0.2, 0.25) is 0 Å². The third-order valence-corrected chi connectivity index (χ3v) is 3.15. The molecule has 0 heterocycles. The number of anilines is 1. The van der Waals surface area contributed by atoms with Gasteiger partial charge in [-0.1, -0.05) is 39.8 Å². The average Bonchev–Trinajstić information content (AvgIpc) is 2.35. The first-order chi connectivity index (χ1) is 9.31. The Morgan fingerprint density at radius 1 is 1.00 bits per heavy atom. The van der Waals surface area contributed by atoms with E-state index >= 15 is 0 Å². The SMILES string of the molecule is CC(=O)NC(C(=O)Nc1ccc(C(C)C)cc1)C(C)C. The predicted molar refractivity (Wildman–Crippen MR) is 81.6 cm³/mol. The molecule has 1 unspecified atom stereocenters. The van der Waals surface area contributed by atoms with Crippen molar-refractivity contribution in [1.82, 2.24) is 5.32 Å². The van der Waals surface area contributed by atoms with Gasteiger partial charge in [0.25, 0.3) is 0 Å². The quantitative estimate of drug-likeness (QED) is 0.868. The smallest absolute Gasteiger partial charge is 0.247 e. The highest BCUT2D eigenvalue weighted by molar-refractivity contribution is 5.97. The van der Waals surface area contributed by atoms with Gasteiger partial charge in [0.05, 0.1) is 0 Å². The van der Waals surface area contributed by atoms with Crippen molar-refractivity contribution in [2.24, 2.45) is 5.92 Å². The van der Waals surface area contributed by atoms with Crippen molar-refractivity contribution in [3.8, 4) is 0 Å². The molecule has 2 amide bonds. The van der Waals surface area contributed by atoms with E-state index in [1.807, 2.05) is 38.1 Å². The molecule has 0 spiro atoms. The fourth-order valence-corrected chi connectivity index (χ4v) is 1.93. The molecular weight excluding hydrogens is 252 g/mol. The van der Waals surface area contributed by atoms with Crippen LogP contribution in [-0.4, -0.2) is 17.9 Å². The lowest BCUT2D eigenvalue weighted by Crippen LogP contribution is -2.46.